The van der Waals surface area contributed by atoms with Gasteiger partial charge in [0.1, 0.15) is 0 Å². The van der Waals surface area contributed by atoms with E-state index in [0.717, 1.165) is 6.07 Å². The third-order valence-electron chi connectivity index (χ3n) is 4.53. The van der Waals surface area contributed by atoms with Crippen molar-refractivity contribution >= 4 is 18.6 Å². The average Bonchev–Trinajstić information content (AvgIpc) is 3.15. The second kappa shape index (κ2) is 7.19. The van der Waals surface area contributed by atoms with Crippen molar-refractivity contribution in [3.05, 3.63) is 75.5 Å². The van der Waals surface area contributed by atoms with Crippen LogP contribution in [0.4, 0.5) is 8.78 Å². The summed E-state index contributed by atoms with van der Waals surface area (Å²) in [7, 11) is 1.38. The van der Waals surface area contributed by atoms with E-state index in [9.17, 15) is 13.6 Å². The van der Waals surface area contributed by atoms with Gasteiger partial charge in [-0.25, -0.2) is 13.8 Å². The standard InChI is InChI=1S/C20H19F2N3O2/c1-11(8-9-16-13(3)23-10-24-16)25-18(12(2)19(27-4)20(25)26)14-6-5-7-15(21)17(14)22/h5-10,18H,3H2,1-2,4H3,(H,23,24)/b11-8+,16-9+. The van der Waals surface area contributed by atoms with E-state index in [4.69, 9.17) is 4.74 Å². The first-order valence-electron chi connectivity index (χ1n) is 8.26. The minimum atomic E-state index is -0.985. The Bertz CT molecular complexity index is 1070. The number of rotatable bonds is 4. The summed E-state index contributed by atoms with van der Waals surface area (Å²) in [6, 6.07) is 3.12. The Labute approximate surface area is 155 Å². The Morgan fingerprint density at radius 2 is 2.15 bits per heavy atom. The van der Waals surface area contributed by atoms with Crippen molar-refractivity contribution < 1.29 is 18.3 Å². The number of nitrogens with one attached hydrogen (secondary N) is 1. The molecule has 0 saturated heterocycles. The third kappa shape index (κ3) is 3.16. The number of H-pyrrole nitrogens is 1. The summed E-state index contributed by atoms with van der Waals surface area (Å²) >= 11 is 0. The van der Waals surface area contributed by atoms with Crippen molar-refractivity contribution in [3.8, 4) is 0 Å². The molecule has 0 saturated carbocycles. The van der Waals surface area contributed by atoms with E-state index in [1.807, 2.05) is 0 Å². The molecule has 140 valence electrons. The van der Waals surface area contributed by atoms with Crippen LogP contribution in [0.3, 0.4) is 0 Å². The molecule has 1 N–H and O–H groups in total. The Hall–Kier alpha value is -3.22. The van der Waals surface area contributed by atoms with Crippen molar-refractivity contribution in [1.29, 1.82) is 0 Å². The Morgan fingerprint density at radius 1 is 1.41 bits per heavy atom. The molecule has 1 aromatic carbocycles. The predicted octanol–water partition coefficient (Wildman–Crippen LogP) is 2.29. The number of carbonyl (C=O) groups excluding carboxylic acids is 1. The topological polar surface area (TPSA) is 58.2 Å². The van der Waals surface area contributed by atoms with Gasteiger partial charge in [-0.1, -0.05) is 18.7 Å². The van der Waals surface area contributed by atoms with Crippen LogP contribution in [0, 0.1) is 11.6 Å². The zero-order valence-corrected chi connectivity index (χ0v) is 15.2. The van der Waals surface area contributed by atoms with E-state index in [1.165, 1.54) is 30.5 Å². The molecular weight excluding hydrogens is 352 g/mol. The zero-order valence-electron chi connectivity index (χ0n) is 15.2. The lowest BCUT2D eigenvalue weighted by Crippen LogP contribution is -2.29. The molecule has 2 heterocycles. The van der Waals surface area contributed by atoms with E-state index < -0.39 is 23.6 Å². The van der Waals surface area contributed by atoms with Gasteiger partial charge in [-0.05, 0) is 32.1 Å². The van der Waals surface area contributed by atoms with Crippen LogP contribution in [0.2, 0.25) is 0 Å². The summed E-state index contributed by atoms with van der Waals surface area (Å²) in [4.78, 5) is 21.2. The van der Waals surface area contributed by atoms with Gasteiger partial charge in [0.25, 0.3) is 5.91 Å². The first-order valence-corrected chi connectivity index (χ1v) is 8.26. The SMILES string of the molecule is C=c1[nH]cn/c1=C/C=C(\C)N1C(=O)C(OC)=C(C)C1c1cccc(F)c1F. The predicted molar refractivity (Wildman–Crippen MR) is 97.2 cm³/mol. The highest BCUT2D eigenvalue weighted by molar-refractivity contribution is 5.97. The molecule has 0 bridgehead atoms. The number of aromatic amines is 1. The molecule has 3 rings (SSSR count). The third-order valence-corrected chi connectivity index (χ3v) is 4.53. The number of imidazole rings is 1. The van der Waals surface area contributed by atoms with Crippen LogP contribution in [0.5, 0.6) is 0 Å². The Kier molecular flexibility index (Phi) is 4.94. The van der Waals surface area contributed by atoms with Crippen LogP contribution >= 0.6 is 0 Å². The van der Waals surface area contributed by atoms with Crippen molar-refractivity contribution in [3.63, 3.8) is 0 Å². The fourth-order valence-electron chi connectivity index (χ4n) is 3.18. The van der Waals surface area contributed by atoms with E-state index >= 15 is 0 Å². The molecule has 0 spiro atoms. The van der Waals surface area contributed by atoms with Gasteiger partial charge < -0.3 is 9.72 Å². The van der Waals surface area contributed by atoms with Crippen LogP contribution in [0.1, 0.15) is 25.5 Å². The van der Waals surface area contributed by atoms with Crippen molar-refractivity contribution in [1.82, 2.24) is 14.9 Å². The van der Waals surface area contributed by atoms with Gasteiger partial charge in [-0.3, -0.25) is 9.69 Å². The molecule has 1 aromatic heterocycles. The number of allylic oxidation sites excluding steroid dienone is 2. The summed E-state index contributed by atoms with van der Waals surface area (Å²) in [5.41, 5.74) is 1.11. The van der Waals surface area contributed by atoms with E-state index in [-0.39, 0.29) is 11.3 Å². The molecule has 1 aliphatic rings. The molecular formula is C20H19F2N3O2. The summed E-state index contributed by atoms with van der Waals surface area (Å²) in [6.45, 7) is 7.19. The maximum atomic E-state index is 14.5. The highest BCUT2D eigenvalue weighted by Gasteiger charge is 2.41. The van der Waals surface area contributed by atoms with E-state index in [2.05, 4.69) is 16.5 Å². The molecule has 27 heavy (non-hydrogen) atoms. The van der Waals surface area contributed by atoms with Gasteiger partial charge in [0, 0.05) is 16.8 Å². The molecule has 1 aliphatic heterocycles. The van der Waals surface area contributed by atoms with Gasteiger partial charge in [0.05, 0.1) is 30.2 Å². The van der Waals surface area contributed by atoms with E-state index in [1.54, 1.807) is 26.0 Å². The number of aromatic nitrogens is 2. The molecule has 1 unspecified atom stereocenters. The number of amides is 1. The number of carbonyl (C=O) groups is 1. The lowest BCUT2D eigenvalue weighted by Gasteiger charge is -2.27. The lowest BCUT2D eigenvalue weighted by molar-refractivity contribution is -0.127. The van der Waals surface area contributed by atoms with Crippen LogP contribution in [0.25, 0.3) is 12.7 Å². The molecule has 2 aromatic rings. The smallest absolute Gasteiger partial charge is 0.293 e. The minimum Gasteiger partial charge on any atom is -0.491 e. The summed E-state index contributed by atoms with van der Waals surface area (Å²) in [5, 5.41) is 1.25. The van der Waals surface area contributed by atoms with Gasteiger partial charge >= 0.3 is 0 Å². The van der Waals surface area contributed by atoms with Gasteiger partial charge in [-0.2, -0.15) is 0 Å². The molecule has 5 nitrogen and oxygen atoms in total. The van der Waals surface area contributed by atoms with Crippen molar-refractivity contribution in [2.75, 3.05) is 7.11 Å². The number of benzene rings is 1. The van der Waals surface area contributed by atoms with Gasteiger partial charge in [0.15, 0.2) is 17.4 Å². The number of hydrogen-bond acceptors (Lipinski definition) is 3. The van der Waals surface area contributed by atoms with Crippen LogP contribution in [0.15, 0.2) is 47.6 Å². The number of hydrogen-bond donors (Lipinski definition) is 1. The maximum Gasteiger partial charge on any atom is 0.293 e. The first kappa shape index (κ1) is 18.6. The summed E-state index contributed by atoms with van der Waals surface area (Å²) in [6.07, 6.45) is 4.89. The minimum absolute atomic E-state index is 0.0678. The number of methoxy groups -OCH3 is 1. The molecule has 0 fully saturated rings. The highest BCUT2D eigenvalue weighted by atomic mass is 19.2. The van der Waals surface area contributed by atoms with Crippen molar-refractivity contribution in [2.45, 2.75) is 19.9 Å². The monoisotopic (exact) mass is 371 g/mol. The lowest BCUT2D eigenvalue weighted by atomic mass is 9.99. The summed E-state index contributed by atoms with van der Waals surface area (Å²) < 4.78 is 33.4. The zero-order chi connectivity index (χ0) is 19.7. The van der Waals surface area contributed by atoms with Crippen molar-refractivity contribution in [2.24, 2.45) is 0 Å². The van der Waals surface area contributed by atoms with E-state index in [0.29, 0.717) is 22.0 Å². The fraction of sp³-hybridized carbons (Fsp3) is 0.200. The van der Waals surface area contributed by atoms with Gasteiger partial charge in [0.2, 0.25) is 0 Å². The molecule has 7 heteroatoms. The second-order valence-electron chi connectivity index (χ2n) is 6.18. The second-order valence-corrected chi connectivity index (χ2v) is 6.18. The quantitative estimate of drug-likeness (QED) is 0.897. The normalized spacial score (nSPS) is 18.6. The number of ether oxygens (including phenoxy) is 1. The van der Waals surface area contributed by atoms with Crippen LogP contribution in [-0.4, -0.2) is 27.9 Å². The Morgan fingerprint density at radius 3 is 2.78 bits per heavy atom. The van der Waals surface area contributed by atoms with Crippen LogP contribution in [-0.2, 0) is 9.53 Å². The fourth-order valence-corrected chi connectivity index (χ4v) is 3.18. The maximum absolute atomic E-state index is 14.5. The average molecular weight is 371 g/mol. The molecule has 1 amide bonds. The van der Waals surface area contributed by atoms with Crippen LogP contribution < -0.4 is 10.7 Å². The first-order chi connectivity index (χ1) is 12.9. The largest absolute Gasteiger partial charge is 0.491 e. The summed E-state index contributed by atoms with van der Waals surface area (Å²) in [5.74, 6) is -2.25. The molecule has 0 aliphatic carbocycles. The molecule has 1 atom stereocenters. The number of halogens is 2. The van der Waals surface area contributed by atoms with Gasteiger partial charge in [-0.15, -0.1) is 0 Å². The Balaban J connectivity index is 2.12. The highest BCUT2D eigenvalue weighted by Crippen LogP contribution is 2.41. The molecule has 0 radical (unpaired) electrons. The number of nitrogens with zero attached hydrogens (tertiary/aromatic N) is 2.